The molecular weight excluding hydrogens is 456 g/mol. The predicted octanol–water partition coefficient (Wildman–Crippen LogP) is 4.83. The first kappa shape index (κ1) is 24.5. The van der Waals surface area contributed by atoms with Gasteiger partial charge in [-0.05, 0) is 60.5 Å². The van der Waals surface area contributed by atoms with Crippen LogP contribution >= 0.6 is 11.6 Å². The van der Waals surface area contributed by atoms with E-state index in [9.17, 15) is 9.59 Å². The van der Waals surface area contributed by atoms with Crippen LogP contribution in [0.4, 0.5) is 0 Å². The van der Waals surface area contributed by atoms with Gasteiger partial charge in [0.1, 0.15) is 5.75 Å². The summed E-state index contributed by atoms with van der Waals surface area (Å²) >= 11 is 5.85. The molecule has 0 radical (unpaired) electrons. The molecule has 1 amide bonds. The molecule has 3 aromatic rings. The third kappa shape index (κ3) is 6.95. The first-order valence-corrected chi connectivity index (χ1v) is 10.7. The van der Waals surface area contributed by atoms with Gasteiger partial charge >= 0.3 is 5.97 Å². The van der Waals surface area contributed by atoms with Crippen molar-refractivity contribution < 1.29 is 23.8 Å². The molecule has 0 unspecified atom stereocenters. The van der Waals surface area contributed by atoms with Gasteiger partial charge in [-0.15, -0.1) is 6.58 Å². The summed E-state index contributed by atoms with van der Waals surface area (Å²) in [5.74, 6) is 0.245. The van der Waals surface area contributed by atoms with Crippen molar-refractivity contribution in [2.45, 2.75) is 6.42 Å². The van der Waals surface area contributed by atoms with E-state index in [2.05, 4.69) is 17.1 Å². The summed E-state index contributed by atoms with van der Waals surface area (Å²) in [6.07, 6.45) is 3.87. The minimum atomic E-state index is -0.539. The lowest BCUT2D eigenvalue weighted by molar-refractivity contribution is -0.123. The number of allylic oxidation sites excluding steroid dienone is 1. The van der Waals surface area contributed by atoms with Gasteiger partial charge in [-0.3, -0.25) is 4.79 Å². The summed E-state index contributed by atoms with van der Waals surface area (Å²) in [7, 11) is 1.53. The Morgan fingerprint density at radius 3 is 2.53 bits per heavy atom. The maximum Gasteiger partial charge on any atom is 0.343 e. The van der Waals surface area contributed by atoms with Crippen LogP contribution in [0.15, 0.2) is 84.5 Å². The summed E-state index contributed by atoms with van der Waals surface area (Å²) < 4.78 is 16.3. The molecule has 3 rings (SSSR count). The van der Waals surface area contributed by atoms with Gasteiger partial charge in [-0.2, -0.15) is 5.10 Å². The van der Waals surface area contributed by atoms with Crippen molar-refractivity contribution in [3.05, 3.63) is 101 Å². The maximum absolute atomic E-state index is 12.4. The van der Waals surface area contributed by atoms with Gasteiger partial charge in [0.05, 0.1) is 18.9 Å². The van der Waals surface area contributed by atoms with Crippen LogP contribution in [0, 0.1) is 0 Å². The number of rotatable bonds is 10. The van der Waals surface area contributed by atoms with E-state index in [0.717, 1.165) is 5.56 Å². The van der Waals surface area contributed by atoms with E-state index >= 15 is 0 Å². The Bertz CT molecular complexity index is 1190. The van der Waals surface area contributed by atoms with Crippen molar-refractivity contribution in [3.63, 3.8) is 0 Å². The number of nitrogens with zero attached hydrogens (tertiary/aromatic N) is 1. The van der Waals surface area contributed by atoms with E-state index in [1.807, 2.05) is 12.1 Å². The monoisotopic (exact) mass is 478 g/mol. The highest BCUT2D eigenvalue weighted by molar-refractivity contribution is 6.30. The first-order chi connectivity index (χ1) is 16.5. The summed E-state index contributed by atoms with van der Waals surface area (Å²) in [6, 6.07) is 18.6. The number of halogens is 1. The molecule has 0 atom stereocenters. The Morgan fingerprint density at radius 1 is 1.03 bits per heavy atom. The van der Waals surface area contributed by atoms with Crippen LogP contribution in [0.3, 0.4) is 0 Å². The number of benzene rings is 3. The molecule has 0 aromatic heterocycles. The van der Waals surface area contributed by atoms with Crippen molar-refractivity contribution in [2.24, 2.45) is 5.10 Å². The number of amides is 1. The van der Waals surface area contributed by atoms with Gasteiger partial charge < -0.3 is 14.2 Å². The van der Waals surface area contributed by atoms with Gasteiger partial charge in [0.2, 0.25) is 0 Å². The SMILES string of the molecule is C=CCc1ccc(OCC(=O)NN=Cc2ccccc2OC(=O)c2ccc(Cl)cc2)c(OC)c1. The Kier molecular flexibility index (Phi) is 8.82. The number of nitrogens with one attached hydrogen (secondary N) is 1. The number of methoxy groups -OCH3 is 1. The van der Waals surface area contributed by atoms with Crippen LogP contribution < -0.4 is 19.6 Å². The summed E-state index contributed by atoms with van der Waals surface area (Å²) in [6.45, 7) is 3.45. The van der Waals surface area contributed by atoms with E-state index in [0.29, 0.717) is 39.8 Å². The molecule has 0 aliphatic heterocycles. The van der Waals surface area contributed by atoms with Crippen LogP contribution in [0.5, 0.6) is 17.2 Å². The molecule has 0 saturated carbocycles. The second-order valence-electron chi connectivity index (χ2n) is 6.99. The van der Waals surface area contributed by atoms with E-state index < -0.39 is 11.9 Å². The average Bonchev–Trinajstić information content (AvgIpc) is 2.84. The Hall–Kier alpha value is -4.10. The molecule has 3 aromatic carbocycles. The third-order valence-corrected chi connectivity index (χ3v) is 4.81. The highest BCUT2D eigenvalue weighted by atomic mass is 35.5. The lowest BCUT2D eigenvalue weighted by Crippen LogP contribution is -2.24. The molecule has 0 aliphatic carbocycles. The molecule has 0 heterocycles. The lowest BCUT2D eigenvalue weighted by Gasteiger charge is -2.11. The van der Waals surface area contributed by atoms with Crippen LogP contribution in [0.1, 0.15) is 21.5 Å². The van der Waals surface area contributed by atoms with Crippen molar-refractivity contribution in [1.29, 1.82) is 0 Å². The lowest BCUT2D eigenvalue weighted by atomic mass is 10.1. The average molecular weight is 479 g/mol. The molecule has 0 fully saturated rings. The Morgan fingerprint density at radius 2 is 1.79 bits per heavy atom. The van der Waals surface area contributed by atoms with Gasteiger partial charge in [-0.25, -0.2) is 10.2 Å². The second kappa shape index (κ2) is 12.2. The Labute approximate surface area is 202 Å². The van der Waals surface area contributed by atoms with Crippen LogP contribution in [0.25, 0.3) is 0 Å². The van der Waals surface area contributed by atoms with Crippen LogP contribution in [-0.4, -0.2) is 31.8 Å². The highest BCUT2D eigenvalue weighted by Gasteiger charge is 2.11. The molecule has 7 nitrogen and oxygen atoms in total. The molecule has 0 saturated heterocycles. The zero-order valence-electron chi connectivity index (χ0n) is 18.5. The fraction of sp³-hybridized carbons (Fsp3) is 0.115. The van der Waals surface area contributed by atoms with E-state index in [4.69, 9.17) is 25.8 Å². The minimum Gasteiger partial charge on any atom is -0.493 e. The molecule has 0 bridgehead atoms. The number of ether oxygens (including phenoxy) is 3. The minimum absolute atomic E-state index is 0.262. The zero-order chi connectivity index (χ0) is 24.3. The van der Waals surface area contributed by atoms with Gasteiger partial charge in [0, 0.05) is 10.6 Å². The quantitative estimate of drug-likeness (QED) is 0.148. The van der Waals surface area contributed by atoms with Gasteiger partial charge in [0.15, 0.2) is 18.1 Å². The second-order valence-corrected chi connectivity index (χ2v) is 7.43. The largest absolute Gasteiger partial charge is 0.493 e. The number of para-hydroxylation sites is 1. The maximum atomic E-state index is 12.4. The summed E-state index contributed by atoms with van der Waals surface area (Å²) in [5, 5.41) is 4.45. The van der Waals surface area contributed by atoms with E-state index in [-0.39, 0.29) is 6.61 Å². The topological polar surface area (TPSA) is 86.2 Å². The van der Waals surface area contributed by atoms with Crippen molar-refractivity contribution in [1.82, 2.24) is 5.43 Å². The van der Waals surface area contributed by atoms with Gasteiger partial charge in [0.25, 0.3) is 5.91 Å². The fourth-order valence-electron chi connectivity index (χ4n) is 2.90. The van der Waals surface area contributed by atoms with Gasteiger partial charge in [-0.1, -0.05) is 35.9 Å². The van der Waals surface area contributed by atoms with Crippen molar-refractivity contribution >= 4 is 29.7 Å². The molecule has 1 N–H and O–H groups in total. The fourth-order valence-corrected chi connectivity index (χ4v) is 3.03. The Balaban J connectivity index is 1.57. The number of carbonyl (C=O) groups is 2. The molecule has 0 spiro atoms. The molecule has 8 heteroatoms. The number of hydrogen-bond acceptors (Lipinski definition) is 6. The van der Waals surface area contributed by atoms with Crippen molar-refractivity contribution in [3.8, 4) is 17.2 Å². The number of esters is 1. The zero-order valence-corrected chi connectivity index (χ0v) is 19.2. The van der Waals surface area contributed by atoms with E-state index in [1.165, 1.54) is 13.3 Å². The molecule has 34 heavy (non-hydrogen) atoms. The summed E-state index contributed by atoms with van der Waals surface area (Å²) in [5.41, 5.74) is 4.26. The standard InChI is InChI=1S/C26H23ClN2O5/c1-3-6-18-9-14-23(24(15-18)32-2)33-17-25(30)29-28-16-20-7-4-5-8-22(20)34-26(31)19-10-12-21(27)13-11-19/h3-5,7-16H,1,6,17H2,2H3,(H,29,30). The number of hydrogen-bond donors (Lipinski definition) is 1. The highest BCUT2D eigenvalue weighted by Crippen LogP contribution is 2.28. The van der Waals surface area contributed by atoms with Crippen molar-refractivity contribution in [2.75, 3.05) is 13.7 Å². The number of carbonyl (C=O) groups excluding carboxylic acids is 2. The first-order valence-electron chi connectivity index (χ1n) is 10.3. The van der Waals surface area contributed by atoms with Crippen LogP contribution in [-0.2, 0) is 11.2 Å². The van der Waals surface area contributed by atoms with E-state index in [1.54, 1.807) is 60.7 Å². The smallest absolute Gasteiger partial charge is 0.343 e. The molecule has 0 aliphatic rings. The van der Waals surface area contributed by atoms with Crippen LogP contribution in [0.2, 0.25) is 5.02 Å². The summed E-state index contributed by atoms with van der Waals surface area (Å²) in [4.78, 5) is 24.5. The third-order valence-electron chi connectivity index (χ3n) is 4.56. The number of hydrazone groups is 1. The normalized spacial score (nSPS) is 10.5. The molecular formula is C26H23ClN2O5. The molecule has 174 valence electrons. The predicted molar refractivity (Wildman–Crippen MR) is 131 cm³/mol.